The van der Waals surface area contributed by atoms with Crippen molar-refractivity contribution in [2.45, 2.75) is 6.61 Å². The topological polar surface area (TPSA) is 35.5 Å². The van der Waals surface area contributed by atoms with Gasteiger partial charge in [0.1, 0.15) is 18.1 Å². The highest BCUT2D eigenvalue weighted by molar-refractivity contribution is 6.42. The predicted octanol–water partition coefficient (Wildman–Crippen LogP) is 7.13. The first-order chi connectivity index (χ1) is 14.0. The Kier molecular flexibility index (Phi) is 7.21. The van der Waals surface area contributed by atoms with Crippen LogP contribution in [0.25, 0.3) is 6.08 Å². The number of ether oxygens (including phenoxy) is 2. The van der Waals surface area contributed by atoms with Gasteiger partial charge in [0.05, 0.1) is 17.2 Å². The van der Waals surface area contributed by atoms with E-state index in [1.165, 1.54) is 6.08 Å². The number of methoxy groups -OCH3 is 1. The molecule has 0 atom stereocenters. The molecule has 0 N–H and O–H groups in total. The van der Waals surface area contributed by atoms with Crippen LogP contribution in [0.5, 0.6) is 11.5 Å². The monoisotopic (exact) mass is 446 g/mol. The van der Waals surface area contributed by atoms with E-state index in [9.17, 15) is 4.79 Å². The Morgan fingerprint density at radius 3 is 2.38 bits per heavy atom. The number of allylic oxidation sites excluding steroid dienone is 1. The highest BCUT2D eigenvalue weighted by Crippen LogP contribution is 2.25. The Labute approximate surface area is 184 Å². The molecule has 3 rings (SSSR count). The third-order valence-electron chi connectivity index (χ3n) is 4.14. The highest BCUT2D eigenvalue weighted by atomic mass is 35.5. The number of carbonyl (C=O) groups excluding carboxylic acids is 1. The van der Waals surface area contributed by atoms with Gasteiger partial charge in [0.2, 0.25) is 0 Å². The zero-order valence-electron chi connectivity index (χ0n) is 15.5. The summed E-state index contributed by atoms with van der Waals surface area (Å²) in [6, 6.07) is 17.5. The Morgan fingerprint density at radius 1 is 0.931 bits per heavy atom. The number of halogens is 3. The molecular weight excluding hydrogens is 431 g/mol. The van der Waals surface area contributed by atoms with E-state index < -0.39 is 0 Å². The van der Waals surface area contributed by atoms with E-state index in [-0.39, 0.29) is 5.78 Å². The standard InChI is InChI=1S/C23H17Cl3O3/c1-28-23-11-3-15(2-10-22(27)16-4-9-20(25)21(26)13-16)12-17(23)14-29-19-7-5-18(24)6-8-19/h2-13H,14H2,1H3/b10-2+. The molecule has 0 aliphatic heterocycles. The second kappa shape index (κ2) is 9.84. The molecule has 0 aromatic heterocycles. The van der Waals surface area contributed by atoms with Crippen LogP contribution < -0.4 is 9.47 Å². The van der Waals surface area contributed by atoms with Gasteiger partial charge < -0.3 is 9.47 Å². The summed E-state index contributed by atoms with van der Waals surface area (Å²) >= 11 is 17.8. The summed E-state index contributed by atoms with van der Waals surface area (Å²) in [6.07, 6.45) is 3.22. The summed E-state index contributed by atoms with van der Waals surface area (Å²) in [4.78, 5) is 12.4. The first kappa shape index (κ1) is 21.3. The van der Waals surface area contributed by atoms with Gasteiger partial charge in [-0.25, -0.2) is 0 Å². The summed E-state index contributed by atoms with van der Waals surface area (Å²) in [6.45, 7) is 0.313. The smallest absolute Gasteiger partial charge is 0.185 e. The quantitative estimate of drug-likeness (QED) is 0.285. The molecule has 0 spiro atoms. The number of ketones is 1. The summed E-state index contributed by atoms with van der Waals surface area (Å²) in [7, 11) is 1.60. The van der Waals surface area contributed by atoms with Gasteiger partial charge in [-0.1, -0.05) is 46.9 Å². The fourth-order valence-electron chi connectivity index (χ4n) is 2.62. The minimum Gasteiger partial charge on any atom is -0.496 e. The van der Waals surface area contributed by atoms with E-state index in [1.54, 1.807) is 55.7 Å². The first-order valence-corrected chi connectivity index (χ1v) is 9.82. The second-order valence-corrected chi connectivity index (χ2v) is 7.39. The van der Waals surface area contributed by atoms with Crippen molar-refractivity contribution in [2.24, 2.45) is 0 Å². The number of rotatable bonds is 7. The molecule has 0 unspecified atom stereocenters. The Hall–Kier alpha value is -2.46. The van der Waals surface area contributed by atoms with E-state index in [4.69, 9.17) is 44.3 Å². The van der Waals surface area contributed by atoms with E-state index >= 15 is 0 Å². The molecule has 3 nitrogen and oxygen atoms in total. The third-order valence-corrected chi connectivity index (χ3v) is 5.13. The summed E-state index contributed by atoms with van der Waals surface area (Å²) in [5.74, 6) is 1.23. The van der Waals surface area contributed by atoms with Gasteiger partial charge in [-0.3, -0.25) is 4.79 Å². The Bertz CT molecular complexity index is 1040. The minimum atomic E-state index is -0.168. The molecule has 6 heteroatoms. The zero-order chi connectivity index (χ0) is 20.8. The molecule has 3 aromatic carbocycles. The Balaban J connectivity index is 1.74. The molecule has 0 saturated heterocycles. The van der Waals surface area contributed by atoms with Crippen molar-refractivity contribution >= 4 is 46.7 Å². The van der Waals surface area contributed by atoms with Gasteiger partial charge in [0, 0.05) is 16.1 Å². The molecule has 0 aliphatic rings. The molecule has 29 heavy (non-hydrogen) atoms. The van der Waals surface area contributed by atoms with Crippen molar-refractivity contribution in [1.29, 1.82) is 0 Å². The van der Waals surface area contributed by atoms with Crippen LogP contribution in [0.1, 0.15) is 21.5 Å². The van der Waals surface area contributed by atoms with Crippen LogP contribution in [-0.4, -0.2) is 12.9 Å². The summed E-state index contributed by atoms with van der Waals surface area (Å²) < 4.78 is 11.2. The lowest BCUT2D eigenvalue weighted by Crippen LogP contribution is -1.99. The summed E-state index contributed by atoms with van der Waals surface area (Å²) in [5.41, 5.74) is 2.16. The maximum atomic E-state index is 12.4. The van der Waals surface area contributed by atoms with Crippen LogP contribution in [0, 0.1) is 0 Å². The van der Waals surface area contributed by atoms with Gasteiger partial charge in [-0.15, -0.1) is 0 Å². The molecule has 148 valence electrons. The van der Waals surface area contributed by atoms with Crippen LogP contribution in [0.4, 0.5) is 0 Å². The highest BCUT2D eigenvalue weighted by Gasteiger charge is 2.07. The van der Waals surface area contributed by atoms with Crippen molar-refractivity contribution in [2.75, 3.05) is 7.11 Å². The van der Waals surface area contributed by atoms with E-state index in [0.29, 0.717) is 38.7 Å². The first-order valence-electron chi connectivity index (χ1n) is 8.69. The van der Waals surface area contributed by atoms with Gasteiger partial charge in [0.25, 0.3) is 0 Å². The van der Waals surface area contributed by atoms with Gasteiger partial charge in [0.15, 0.2) is 5.78 Å². The van der Waals surface area contributed by atoms with E-state index in [1.807, 2.05) is 18.2 Å². The SMILES string of the molecule is COc1ccc(/C=C/C(=O)c2ccc(Cl)c(Cl)c2)cc1COc1ccc(Cl)cc1. The van der Waals surface area contributed by atoms with Crippen LogP contribution in [0.3, 0.4) is 0 Å². The lowest BCUT2D eigenvalue weighted by molar-refractivity contribution is 0.104. The van der Waals surface area contributed by atoms with Crippen LogP contribution in [-0.2, 0) is 6.61 Å². The third kappa shape index (κ3) is 5.77. The zero-order valence-corrected chi connectivity index (χ0v) is 17.8. The van der Waals surface area contributed by atoms with Crippen molar-refractivity contribution in [3.8, 4) is 11.5 Å². The lowest BCUT2D eigenvalue weighted by Gasteiger charge is -2.11. The van der Waals surface area contributed by atoms with Gasteiger partial charge in [-0.2, -0.15) is 0 Å². The molecule has 3 aromatic rings. The molecule has 0 saturated carbocycles. The molecule has 0 bridgehead atoms. The second-order valence-electron chi connectivity index (χ2n) is 6.14. The fourth-order valence-corrected chi connectivity index (χ4v) is 3.05. The summed E-state index contributed by atoms with van der Waals surface area (Å²) in [5, 5.41) is 1.40. The van der Waals surface area contributed by atoms with E-state index in [2.05, 4.69) is 0 Å². The van der Waals surface area contributed by atoms with Gasteiger partial charge in [-0.05, 0) is 66.2 Å². The largest absolute Gasteiger partial charge is 0.496 e. The average Bonchev–Trinajstić information content (AvgIpc) is 2.73. The number of carbonyl (C=O) groups is 1. The van der Waals surface area contributed by atoms with E-state index in [0.717, 1.165) is 11.1 Å². The van der Waals surface area contributed by atoms with Crippen LogP contribution >= 0.6 is 34.8 Å². The minimum absolute atomic E-state index is 0.168. The number of hydrogen-bond donors (Lipinski definition) is 0. The van der Waals surface area contributed by atoms with Crippen LogP contribution in [0.2, 0.25) is 15.1 Å². The molecule has 0 radical (unpaired) electrons. The van der Waals surface area contributed by atoms with Crippen molar-refractivity contribution < 1.29 is 14.3 Å². The van der Waals surface area contributed by atoms with Crippen molar-refractivity contribution in [1.82, 2.24) is 0 Å². The van der Waals surface area contributed by atoms with Gasteiger partial charge >= 0.3 is 0 Å². The lowest BCUT2D eigenvalue weighted by atomic mass is 10.1. The Morgan fingerprint density at radius 2 is 1.69 bits per heavy atom. The number of hydrogen-bond acceptors (Lipinski definition) is 3. The molecule has 0 aliphatic carbocycles. The van der Waals surface area contributed by atoms with Crippen LogP contribution in [0.15, 0.2) is 66.7 Å². The predicted molar refractivity (Wildman–Crippen MR) is 119 cm³/mol. The average molecular weight is 448 g/mol. The van der Waals surface area contributed by atoms with Crippen molar-refractivity contribution in [3.63, 3.8) is 0 Å². The number of benzene rings is 3. The molecule has 0 heterocycles. The molecule has 0 amide bonds. The maximum Gasteiger partial charge on any atom is 0.185 e. The normalized spacial score (nSPS) is 10.9. The molecular formula is C23H17Cl3O3. The fraction of sp³-hybridized carbons (Fsp3) is 0.0870. The van der Waals surface area contributed by atoms with Crippen molar-refractivity contribution in [3.05, 3.63) is 98.5 Å². The molecule has 0 fully saturated rings. The maximum absolute atomic E-state index is 12.4.